The Morgan fingerprint density at radius 2 is 2.16 bits per heavy atom. The Balaban J connectivity index is 1.71. The predicted octanol–water partition coefficient (Wildman–Crippen LogP) is 2.66. The van der Waals surface area contributed by atoms with Gasteiger partial charge in [-0.2, -0.15) is 0 Å². The van der Waals surface area contributed by atoms with Crippen molar-refractivity contribution in [1.29, 1.82) is 0 Å². The van der Waals surface area contributed by atoms with Crippen LogP contribution in [0.2, 0.25) is 0 Å². The third-order valence-corrected chi connectivity index (χ3v) is 4.38. The summed E-state index contributed by atoms with van der Waals surface area (Å²) in [6.07, 6.45) is 4.06. The second-order valence-corrected chi connectivity index (χ2v) is 5.82. The molecule has 0 radical (unpaired) electrons. The summed E-state index contributed by atoms with van der Waals surface area (Å²) in [5, 5.41) is 3.44. The molecule has 0 spiro atoms. The van der Waals surface area contributed by atoms with Crippen LogP contribution in [0.25, 0.3) is 0 Å². The van der Waals surface area contributed by atoms with Gasteiger partial charge >= 0.3 is 0 Å². The van der Waals surface area contributed by atoms with Crippen molar-refractivity contribution in [3.63, 3.8) is 0 Å². The van der Waals surface area contributed by atoms with Crippen LogP contribution in [0, 0.1) is 5.92 Å². The minimum absolute atomic E-state index is 0.530. The van der Waals surface area contributed by atoms with E-state index in [-0.39, 0.29) is 0 Å². The first-order valence-electron chi connectivity index (χ1n) is 7.54. The van der Waals surface area contributed by atoms with Gasteiger partial charge in [-0.05, 0) is 37.8 Å². The molecule has 3 rings (SSSR count). The lowest BCUT2D eigenvalue weighted by Crippen LogP contribution is -2.50. The molecule has 1 aromatic rings. The van der Waals surface area contributed by atoms with Crippen LogP contribution in [0.1, 0.15) is 26.2 Å². The summed E-state index contributed by atoms with van der Waals surface area (Å²) >= 11 is 0. The maximum absolute atomic E-state index is 6.08. The number of para-hydroxylation sites is 2. The molecule has 1 heterocycles. The highest BCUT2D eigenvalue weighted by Crippen LogP contribution is 2.32. The van der Waals surface area contributed by atoms with Crippen molar-refractivity contribution >= 4 is 5.69 Å². The molecular weight excluding hydrogens is 236 g/mol. The van der Waals surface area contributed by atoms with Gasteiger partial charge in [-0.3, -0.25) is 0 Å². The Hall–Kier alpha value is -1.22. The Morgan fingerprint density at radius 1 is 1.32 bits per heavy atom. The fourth-order valence-electron chi connectivity index (χ4n) is 2.88. The number of rotatable bonds is 4. The number of ether oxygens (including phenoxy) is 1. The smallest absolute Gasteiger partial charge is 0.142 e. The van der Waals surface area contributed by atoms with Crippen LogP contribution in [0.15, 0.2) is 24.3 Å². The lowest BCUT2D eigenvalue weighted by Gasteiger charge is -2.37. The minimum Gasteiger partial charge on any atom is -0.491 e. The topological polar surface area (TPSA) is 24.5 Å². The molecule has 2 aliphatic rings. The number of hydrogen-bond acceptors (Lipinski definition) is 3. The van der Waals surface area contributed by atoms with Crippen LogP contribution in [-0.2, 0) is 0 Å². The molecule has 3 heteroatoms. The van der Waals surface area contributed by atoms with Gasteiger partial charge < -0.3 is 15.0 Å². The number of benzene rings is 1. The minimum atomic E-state index is 0.530. The number of nitrogens with zero attached hydrogens (tertiary/aromatic N) is 1. The predicted molar refractivity (Wildman–Crippen MR) is 79.0 cm³/mol. The molecule has 0 unspecified atom stereocenters. The van der Waals surface area contributed by atoms with E-state index in [9.17, 15) is 0 Å². The fraction of sp³-hybridized carbons (Fsp3) is 0.625. The highest BCUT2D eigenvalue weighted by Gasteiger charge is 2.22. The Kier molecular flexibility index (Phi) is 3.92. The average molecular weight is 260 g/mol. The summed E-state index contributed by atoms with van der Waals surface area (Å²) in [6.45, 7) is 6.33. The maximum atomic E-state index is 6.08. The molecule has 1 atom stereocenters. The lowest BCUT2D eigenvalue weighted by atomic mass is 9.86. The normalized spacial score (nSPS) is 24.1. The van der Waals surface area contributed by atoms with Crippen LogP contribution in [0.3, 0.4) is 0 Å². The largest absolute Gasteiger partial charge is 0.491 e. The molecule has 104 valence electrons. The Labute approximate surface area is 115 Å². The van der Waals surface area contributed by atoms with Crippen LogP contribution in [-0.4, -0.2) is 32.3 Å². The fourth-order valence-corrected chi connectivity index (χ4v) is 2.88. The molecule has 2 fully saturated rings. The Bertz CT molecular complexity index is 417. The zero-order valence-corrected chi connectivity index (χ0v) is 11.8. The first-order valence-corrected chi connectivity index (χ1v) is 7.54. The van der Waals surface area contributed by atoms with Crippen molar-refractivity contribution in [3.05, 3.63) is 24.3 Å². The van der Waals surface area contributed by atoms with E-state index >= 15 is 0 Å². The van der Waals surface area contributed by atoms with Gasteiger partial charge in [0, 0.05) is 25.7 Å². The molecule has 1 saturated heterocycles. The molecule has 1 aliphatic carbocycles. The molecular formula is C16H24N2O. The molecule has 1 aromatic carbocycles. The number of piperazine rings is 1. The first kappa shape index (κ1) is 12.8. The number of nitrogens with one attached hydrogen (secondary N) is 1. The van der Waals surface area contributed by atoms with E-state index in [1.165, 1.54) is 24.9 Å². The van der Waals surface area contributed by atoms with Gasteiger partial charge in [0.15, 0.2) is 0 Å². The summed E-state index contributed by atoms with van der Waals surface area (Å²) in [5.41, 5.74) is 1.26. The van der Waals surface area contributed by atoms with Crippen LogP contribution < -0.4 is 15.0 Å². The van der Waals surface area contributed by atoms with Gasteiger partial charge in [0.2, 0.25) is 0 Å². The van der Waals surface area contributed by atoms with Crippen molar-refractivity contribution in [2.24, 2.45) is 5.92 Å². The molecule has 0 bridgehead atoms. The van der Waals surface area contributed by atoms with E-state index in [2.05, 4.69) is 41.4 Å². The highest BCUT2D eigenvalue weighted by molar-refractivity contribution is 5.59. The van der Waals surface area contributed by atoms with E-state index < -0.39 is 0 Å². The monoisotopic (exact) mass is 260 g/mol. The van der Waals surface area contributed by atoms with E-state index in [0.717, 1.165) is 37.9 Å². The van der Waals surface area contributed by atoms with E-state index in [1.807, 2.05) is 0 Å². The molecule has 0 aromatic heterocycles. The van der Waals surface area contributed by atoms with Crippen LogP contribution >= 0.6 is 0 Å². The standard InChI is InChI=1S/C16H24N2O/c1-13-11-17-9-10-18(13)15-7-2-3-8-16(15)19-12-14-5-4-6-14/h2-3,7-8,13-14,17H,4-6,9-12H2,1H3/t13-/m1/s1. The lowest BCUT2D eigenvalue weighted by molar-refractivity contribution is 0.180. The summed E-state index contributed by atoms with van der Waals surface area (Å²) in [5.74, 6) is 1.84. The van der Waals surface area contributed by atoms with Gasteiger partial charge in [0.05, 0.1) is 12.3 Å². The third-order valence-electron chi connectivity index (χ3n) is 4.38. The van der Waals surface area contributed by atoms with Gasteiger partial charge in [-0.15, -0.1) is 0 Å². The molecule has 19 heavy (non-hydrogen) atoms. The molecule has 1 N–H and O–H groups in total. The average Bonchev–Trinajstić information content (AvgIpc) is 2.38. The van der Waals surface area contributed by atoms with E-state index in [4.69, 9.17) is 4.74 Å². The van der Waals surface area contributed by atoms with Crippen molar-refractivity contribution in [2.75, 3.05) is 31.1 Å². The zero-order valence-electron chi connectivity index (χ0n) is 11.8. The van der Waals surface area contributed by atoms with E-state index in [0.29, 0.717) is 6.04 Å². The van der Waals surface area contributed by atoms with Crippen LogP contribution in [0.4, 0.5) is 5.69 Å². The van der Waals surface area contributed by atoms with Crippen molar-refractivity contribution in [1.82, 2.24) is 5.32 Å². The second-order valence-electron chi connectivity index (χ2n) is 5.82. The maximum Gasteiger partial charge on any atom is 0.142 e. The van der Waals surface area contributed by atoms with Crippen LogP contribution in [0.5, 0.6) is 5.75 Å². The number of anilines is 1. The summed E-state index contributed by atoms with van der Waals surface area (Å²) in [7, 11) is 0. The number of hydrogen-bond donors (Lipinski definition) is 1. The molecule has 0 amide bonds. The highest BCUT2D eigenvalue weighted by atomic mass is 16.5. The van der Waals surface area contributed by atoms with Gasteiger partial charge in [0.25, 0.3) is 0 Å². The van der Waals surface area contributed by atoms with Gasteiger partial charge in [-0.25, -0.2) is 0 Å². The zero-order chi connectivity index (χ0) is 13.1. The second kappa shape index (κ2) is 5.83. The van der Waals surface area contributed by atoms with E-state index in [1.54, 1.807) is 0 Å². The molecule has 3 nitrogen and oxygen atoms in total. The molecule has 1 aliphatic heterocycles. The Morgan fingerprint density at radius 3 is 2.89 bits per heavy atom. The molecule has 1 saturated carbocycles. The SMILES string of the molecule is C[C@@H]1CNCCN1c1ccccc1OCC1CCC1. The van der Waals surface area contributed by atoms with Crippen molar-refractivity contribution < 1.29 is 4.74 Å². The quantitative estimate of drug-likeness (QED) is 0.901. The van der Waals surface area contributed by atoms with Gasteiger partial charge in [-0.1, -0.05) is 18.6 Å². The van der Waals surface area contributed by atoms with Gasteiger partial charge in [0.1, 0.15) is 5.75 Å². The third kappa shape index (κ3) is 2.86. The summed E-state index contributed by atoms with van der Waals surface area (Å²) in [6, 6.07) is 9.02. The summed E-state index contributed by atoms with van der Waals surface area (Å²) in [4.78, 5) is 2.46. The van der Waals surface area contributed by atoms with Crippen molar-refractivity contribution in [2.45, 2.75) is 32.2 Å². The first-order chi connectivity index (χ1) is 9.34. The van der Waals surface area contributed by atoms with Crippen molar-refractivity contribution in [3.8, 4) is 5.75 Å². The summed E-state index contributed by atoms with van der Waals surface area (Å²) < 4.78 is 6.08.